The first-order chi connectivity index (χ1) is 9.12. The number of likely N-dealkylation sites (tertiary alicyclic amines) is 1. The number of hydrogen-bond acceptors (Lipinski definition) is 2. The number of nitrogens with one attached hydrogen (secondary N) is 1. The Morgan fingerprint density at radius 3 is 2.42 bits per heavy atom. The van der Waals surface area contributed by atoms with Crippen molar-refractivity contribution >= 4 is 0 Å². The van der Waals surface area contributed by atoms with Gasteiger partial charge in [0.15, 0.2) is 0 Å². The minimum Gasteiger partial charge on any atom is -0.319 e. The predicted molar refractivity (Wildman–Crippen MR) is 73.4 cm³/mol. The van der Waals surface area contributed by atoms with Crippen LogP contribution in [0.15, 0.2) is 30.3 Å². The van der Waals surface area contributed by atoms with E-state index in [1.54, 1.807) is 18.2 Å². The van der Waals surface area contributed by atoms with Crippen LogP contribution in [0, 0.1) is 5.92 Å². The van der Waals surface area contributed by atoms with E-state index in [-0.39, 0.29) is 12.1 Å². The van der Waals surface area contributed by atoms with Gasteiger partial charge in [-0.2, -0.15) is 8.78 Å². The molecule has 0 atom stereocenters. The van der Waals surface area contributed by atoms with E-state index < -0.39 is 5.92 Å². The number of halogens is 2. The molecule has 0 bridgehead atoms. The van der Waals surface area contributed by atoms with Crippen molar-refractivity contribution in [3.8, 4) is 0 Å². The lowest BCUT2D eigenvalue weighted by Crippen LogP contribution is -2.42. The van der Waals surface area contributed by atoms with Crippen molar-refractivity contribution in [3.63, 3.8) is 0 Å². The quantitative estimate of drug-likeness (QED) is 0.883. The molecule has 1 aliphatic rings. The summed E-state index contributed by atoms with van der Waals surface area (Å²) < 4.78 is 28.3. The van der Waals surface area contributed by atoms with Gasteiger partial charge in [0.25, 0.3) is 5.92 Å². The molecule has 1 N–H and O–H groups in total. The first-order valence-corrected chi connectivity index (χ1v) is 6.92. The summed E-state index contributed by atoms with van der Waals surface area (Å²) in [6.07, 6.45) is 2.01. The molecule has 1 aromatic carbocycles. The summed E-state index contributed by atoms with van der Waals surface area (Å²) >= 11 is 0. The molecule has 0 amide bonds. The Balaban J connectivity index is 1.88. The Kier molecular flexibility index (Phi) is 4.88. The zero-order valence-electron chi connectivity index (χ0n) is 11.4. The summed E-state index contributed by atoms with van der Waals surface area (Å²) in [4.78, 5) is 1.89. The summed E-state index contributed by atoms with van der Waals surface area (Å²) in [5.41, 5.74) is 0.118. The van der Waals surface area contributed by atoms with E-state index in [2.05, 4.69) is 5.32 Å². The molecule has 0 aromatic heterocycles. The zero-order valence-corrected chi connectivity index (χ0v) is 11.4. The van der Waals surface area contributed by atoms with Crippen LogP contribution in [0.1, 0.15) is 18.4 Å². The van der Waals surface area contributed by atoms with Crippen LogP contribution in [0.2, 0.25) is 0 Å². The van der Waals surface area contributed by atoms with Crippen molar-refractivity contribution in [2.75, 3.05) is 33.2 Å². The average molecular weight is 268 g/mol. The normalized spacial score (nSPS) is 18.7. The molecule has 0 unspecified atom stereocenters. The van der Waals surface area contributed by atoms with Crippen molar-refractivity contribution in [2.24, 2.45) is 5.92 Å². The van der Waals surface area contributed by atoms with Crippen molar-refractivity contribution in [1.29, 1.82) is 0 Å². The van der Waals surface area contributed by atoms with Gasteiger partial charge in [-0.05, 0) is 45.4 Å². The number of nitrogens with zero attached hydrogens (tertiary/aromatic N) is 1. The van der Waals surface area contributed by atoms with Gasteiger partial charge < -0.3 is 5.32 Å². The second kappa shape index (κ2) is 6.44. The van der Waals surface area contributed by atoms with Crippen LogP contribution in [0.4, 0.5) is 8.78 Å². The maximum absolute atomic E-state index is 14.1. The van der Waals surface area contributed by atoms with Gasteiger partial charge in [-0.3, -0.25) is 4.90 Å². The van der Waals surface area contributed by atoms with Gasteiger partial charge in [-0.1, -0.05) is 30.3 Å². The van der Waals surface area contributed by atoms with E-state index in [1.165, 1.54) is 12.1 Å². The van der Waals surface area contributed by atoms with E-state index in [9.17, 15) is 8.78 Å². The lowest BCUT2D eigenvalue weighted by Gasteiger charge is -2.34. The SMILES string of the molecule is CNCC1CCN(CC(F)(F)c2ccccc2)CC1. The standard InChI is InChI=1S/C15H22F2N2/c1-18-11-13-7-9-19(10-8-13)12-15(16,17)14-5-3-2-4-6-14/h2-6,13,18H,7-12H2,1H3. The van der Waals surface area contributed by atoms with E-state index >= 15 is 0 Å². The largest absolute Gasteiger partial charge is 0.319 e. The molecule has 106 valence electrons. The Bertz CT molecular complexity index is 373. The van der Waals surface area contributed by atoms with Crippen LogP contribution in [-0.4, -0.2) is 38.1 Å². The lowest BCUT2D eigenvalue weighted by molar-refractivity contribution is -0.0444. The van der Waals surface area contributed by atoms with Crippen LogP contribution >= 0.6 is 0 Å². The lowest BCUT2D eigenvalue weighted by atomic mass is 9.96. The third-order valence-electron chi connectivity index (χ3n) is 3.82. The molecule has 2 rings (SSSR count). The molecule has 1 aromatic rings. The van der Waals surface area contributed by atoms with Gasteiger partial charge in [-0.25, -0.2) is 0 Å². The van der Waals surface area contributed by atoms with Gasteiger partial charge in [0, 0.05) is 5.56 Å². The molecule has 0 spiro atoms. The smallest absolute Gasteiger partial charge is 0.285 e. The predicted octanol–water partition coefficient (Wildman–Crippen LogP) is 2.71. The molecule has 1 saturated heterocycles. The maximum Gasteiger partial charge on any atom is 0.285 e. The monoisotopic (exact) mass is 268 g/mol. The average Bonchev–Trinajstić information content (AvgIpc) is 2.42. The van der Waals surface area contributed by atoms with Crippen LogP contribution in [0.3, 0.4) is 0 Å². The van der Waals surface area contributed by atoms with E-state index in [1.807, 2.05) is 11.9 Å². The van der Waals surface area contributed by atoms with Crippen LogP contribution in [0.25, 0.3) is 0 Å². The molecular weight excluding hydrogens is 246 g/mol. The van der Waals surface area contributed by atoms with Crippen molar-refractivity contribution in [2.45, 2.75) is 18.8 Å². The number of rotatable bonds is 5. The summed E-state index contributed by atoms with van der Waals surface area (Å²) in [5.74, 6) is -2.12. The Morgan fingerprint density at radius 1 is 1.21 bits per heavy atom. The van der Waals surface area contributed by atoms with E-state index in [4.69, 9.17) is 0 Å². The highest BCUT2D eigenvalue weighted by Crippen LogP contribution is 2.30. The second-order valence-electron chi connectivity index (χ2n) is 5.35. The van der Waals surface area contributed by atoms with Gasteiger partial charge in [0.05, 0.1) is 6.54 Å². The van der Waals surface area contributed by atoms with E-state index in [0.29, 0.717) is 5.92 Å². The Hall–Kier alpha value is -1.00. The molecule has 0 radical (unpaired) electrons. The topological polar surface area (TPSA) is 15.3 Å². The maximum atomic E-state index is 14.1. The molecule has 0 saturated carbocycles. The summed E-state index contributed by atoms with van der Waals surface area (Å²) in [6.45, 7) is 2.37. The van der Waals surface area contributed by atoms with Gasteiger partial charge in [0.1, 0.15) is 0 Å². The fourth-order valence-corrected chi connectivity index (χ4v) is 2.69. The summed E-state index contributed by atoms with van der Waals surface area (Å²) in [6, 6.07) is 8.12. The van der Waals surface area contributed by atoms with Crippen LogP contribution in [0.5, 0.6) is 0 Å². The first kappa shape index (κ1) is 14.4. The number of hydrogen-bond donors (Lipinski definition) is 1. The molecule has 0 aliphatic carbocycles. The molecule has 1 aliphatic heterocycles. The molecule has 19 heavy (non-hydrogen) atoms. The number of benzene rings is 1. The molecule has 1 fully saturated rings. The van der Waals surface area contributed by atoms with Gasteiger partial charge >= 0.3 is 0 Å². The Morgan fingerprint density at radius 2 is 1.84 bits per heavy atom. The summed E-state index contributed by atoms with van der Waals surface area (Å²) in [5, 5.41) is 3.16. The highest BCUT2D eigenvalue weighted by Gasteiger charge is 2.34. The fourth-order valence-electron chi connectivity index (χ4n) is 2.69. The van der Waals surface area contributed by atoms with Crippen LogP contribution in [-0.2, 0) is 5.92 Å². The van der Waals surface area contributed by atoms with Crippen molar-refractivity contribution in [3.05, 3.63) is 35.9 Å². The fraction of sp³-hybridized carbons (Fsp3) is 0.600. The van der Waals surface area contributed by atoms with Crippen molar-refractivity contribution < 1.29 is 8.78 Å². The number of piperidine rings is 1. The highest BCUT2D eigenvalue weighted by molar-refractivity contribution is 5.20. The van der Waals surface area contributed by atoms with Crippen molar-refractivity contribution in [1.82, 2.24) is 10.2 Å². The minimum atomic E-state index is -2.75. The van der Waals surface area contributed by atoms with Gasteiger partial charge in [-0.15, -0.1) is 0 Å². The zero-order chi connectivity index (χ0) is 13.7. The molecule has 1 heterocycles. The summed E-state index contributed by atoms with van der Waals surface area (Å²) in [7, 11) is 1.94. The molecule has 2 nitrogen and oxygen atoms in total. The third-order valence-corrected chi connectivity index (χ3v) is 3.82. The first-order valence-electron chi connectivity index (χ1n) is 6.92. The minimum absolute atomic E-state index is 0.118. The number of alkyl halides is 2. The molecule has 4 heteroatoms. The second-order valence-corrected chi connectivity index (χ2v) is 5.35. The third kappa shape index (κ3) is 3.98. The molecular formula is C15H22F2N2. The van der Waals surface area contributed by atoms with E-state index in [0.717, 1.165) is 32.5 Å². The Labute approximate surface area is 113 Å². The highest BCUT2D eigenvalue weighted by atomic mass is 19.3. The van der Waals surface area contributed by atoms with Crippen LogP contribution < -0.4 is 5.32 Å². The van der Waals surface area contributed by atoms with Gasteiger partial charge in [0.2, 0.25) is 0 Å².